The standard InChI is InChI=1S/C16H22F3NO3/c1-3-11(10-13(20)15(21)22-2)8-9-12-6-4-5-7-14(12)23-16(17,18)19/h4-7,11,13H,3,8-10,20H2,1-2H3. The molecule has 4 nitrogen and oxygen atoms in total. The molecular formula is C16H22F3NO3. The van der Waals surface area contributed by atoms with Gasteiger partial charge in [0.25, 0.3) is 0 Å². The van der Waals surface area contributed by atoms with Crippen LogP contribution in [0.2, 0.25) is 0 Å². The fourth-order valence-electron chi connectivity index (χ4n) is 2.39. The van der Waals surface area contributed by atoms with Crippen LogP contribution in [0.1, 0.15) is 31.7 Å². The molecule has 7 heteroatoms. The quantitative estimate of drug-likeness (QED) is 0.740. The molecule has 0 aromatic heterocycles. The van der Waals surface area contributed by atoms with Gasteiger partial charge in [-0.25, -0.2) is 0 Å². The number of carbonyl (C=O) groups excluding carboxylic acids is 1. The zero-order chi connectivity index (χ0) is 17.5. The molecule has 0 bridgehead atoms. The molecule has 0 saturated heterocycles. The van der Waals surface area contributed by atoms with Gasteiger partial charge in [0.05, 0.1) is 7.11 Å². The highest BCUT2D eigenvalue weighted by Gasteiger charge is 2.32. The second kappa shape index (κ2) is 8.76. The van der Waals surface area contributed by atoms with Crippen LogP contribution >= 0.6 is 0 Å². The first-order valence-electron chi connectivity index (χ1n) is 7.43. The van der Waals surface area contributed by atoms with Gasteiger partial charge >= 0.3 is 12.3 Å². The zero-order valence-electron chi connectivity index (χ0n) is 13.2. The van der Waals surface area contributed by atoms with Gasteiger partial charge in [0.1, 0.15) is 11.8 Å². The third-order valence-electron chi connectivity index (χ3n) is 3.69. The van der Waals surface area contributed by atoms with Gasteiger partial charge in [0.2, 0.25) is 0 Å². The molecule has 2 unspecified atom stereocenters. The summed E-state index contributed by atoms with van der Waals surface area (Å²) in [6, 6.07) is 5.35. The number of hydrogen-bond donors (Lipinski definition) is 1. The highest BCUT2D eigenvalue weighted by Crippen LogP contribution is 2.28. The van der Waals surface area contributed by atoms with Crippen molar-refractivity contribution in [3.8, 4) is 5.75 Å². The lowest BCUT2D eigenvalue weighted by Crippen LogP contribution is -2.33. The molecule has 130 valence electrons. The Balaban J connectivity index is 2.67. The Labute approximate surface area is 133 Å². The van der Waals surface area contributed by atoms with Crippen LogP contribution in [0.4, 0.5) is 13.2 Å². The third kappa shape index (κ3) is 6.90. The van der Waals surface area contributed by atoms with Crippen LogP contribution in [0.15, 0.2) is 24.3 Å². The van der Waals surface area contributed by atoms with E-state index in [1.54, 1.807) is 12.1 Å². The minimum absolute atomic E-state index is 0.114. The van der Waals surface area contributed by atoms with Crippen LogP contribution < -0.4 is 10.5 Å². The van der Waals surface area contributed by atoms with Crippen LogP contribution in [-0.4, -0.2) is 25.5 Å². The molecule has 0 fully saturated rings. The van der Waals surface area contributed by atoms with Crippen LogP contribution in [0.25, 0.3) is 0 Å². The summed E-state index contributed by atoms with van der Waals surface area (Å²) in [5.41, 5.74) is 6.22. The number of rotatable bonds is 8. The van der Waals surface area contributed by atoms with Gasteiger partial charge in [0, 0.05) is 0 Å². The largest absolute Gasteiger partial charge is 0.573 e. The molecule has 0 amide bonds. The fourth-order valence-corrected chi connectivity index (χ4v) is 2.39. The number of esters is 1. The molecule has 23 heavy (non-hydrogen) atoms. The first-order chi connectivity index (χ1) is 10.8. The van der Waals surface area contributed by atoms with E-state index >= 15 is 0 Å². The molecule has 0 radical (unpaired) electrons. The summed E-state index contributed by atoms with van der Waals surface area (Å²) in [4.78, 5) is 11.4. The number of ether oxygens (including phenoxy) is 2. The van der Waals surface area contributed by atoms with E-state index in [1.807, 2.05) is 6.92 Å². The molecule has 0 aliphatic rings. The van der Waals surface area contributed by atoms with E-state index < -0.39 is 18.4 Å². The molecule has 0 saturated carbocycles. The maximum Gasteiger partial charge on any atom is 0.573 e. The molecule has 0 spiro atoms. The summed E-state index contributed by atoms with van der Waals surface area (Å²) in [6.07, 6.45) is -2.48. The normalized spacial score (nSPS) is 14.2. The number of methoxy groups -OCH3 is 1. The van der Waals surface area contributed by atoms with Crippen molar-refractivity contribution < 1.29 is 27.4 Å². The fraction of sp³-hybridized carbons (Fsp3) is 0.562. The summed E-state index contributed by atoms with van der Waals surface area (Å²) in [5.74, 6) is -0.556. The number of alkyl halides is 3. The first kappa shape index (κ1) is 19.3. The van der Waals surface area contributed by atoms with Crippen LogP contribution in [0, 0.1) is 5.92 Å². The molecule has 1 rings (SSSR count). The third-order valence-corrected chi connectivity index (χ3v) is 3.69. The minimum Gasteiger partial charge on any atom is -0.468 e. The number of nitrogens with two attached hydrogens (primary N) is 1. The monoisotopic (exact) mass is 333 g/mol. The van der Waals surface area contributed by atoms with E-state index in [0.717, 1.165) is 6.42 Å². The van der Waals surface area contributed by atoms with Crippen molar-refractivity contribution in [3.63, 3.8) is 0 Å². The van der Waals surface area contributed by atoms with Gasteiger partial charge < -0.3 is 15.2 Å². The number of hydrogen-bond acceptors (Lipinski definition) is 4. The highest BCUT2D eigenvalue weighted by molar-refractivity contribution is 5.75. The zero-order valence-corrected chi connectivity index (χ0v) is 13.2. The summed E-state index contributed by atoms with van der Waals surface area (Å²) >= 11 is 0. The van der Waals surface area contributed by atoms with E-state index in [-0.39, 0.29) is 11.7 Å². The van der Waals surface area contributed by atoms with Crippen LogP contribution in [0.3, 0.4) is 0 Å². The lowest BCUT2D eigenvalue weighted by Gasteiger charge is -2.19. The van der Waals surface area contributed by atoms with E-state index in [1.165, 1.54) is 19.2 Å². The Morgan fingerprint density at radius 2 is 1.96 bits per heavy atom. The Bertz CT molecular complexity index is 506. The lowest BCUT2D eigenvalue weighted by molar-refractivity contribution is -0.274. The summed E-state index contributed by atoms with van der Waals surface area (Å²) in [5, 5.41) is 0. The Morgan fingerprint density at radius 3 is 2.52 bits per heavy atom. The second-order valence-corrected chi connectivity index (χ2v) is 5.33. The predicted octanol–water partition coefficient (Wildman–Crippen LogP) is 3.43. The number of halogens is 3. The van der Waals surface area contributed by atoms with Crippen LogP contribution in [0.5, 0.6) is 5.75 Å². The number of aryl methyl sites for hydroxylation is 1. The van der Waals surface area contributed by atoms with Crippen molar-refractivity contribution in [2.45, 2.75) is 45.0 Å². The molecular weight excluding hydrogens is 311 g/mol. The Hall–Kier alpha value is -1.76. The summed E-state index contributed by atoms with van der Waals surface area (Å²) < 4.78 is 45.8. The van der Waals surface area contributed by atoms with Crippen molar-refractivity contribution in [3.05, 3.63) is 29.8 Å². The van der Waals surface area contributed by atoms with E-state index in [9.17, 15) is 18.0 Å². The topological polar surface area (TPSA) is 61.5 Å². The number of carbonyl (C=O) groups is 1. The molecule has 0 aliphatic carbocycles. The second-order valence-electron chi connectivity index (χ2n) is 5.33. The molecule has 0 aliphatic heterocycles. The van der Waals surface area contributed by atoms with Crippen LogP contribution in [-0.2, 0) is 16.0 Å². The smallest absolute Gasteiger partial charge is 0.468 e. The number of para-hydroxylation sites is 1. The summed E-state index contributed by atoms with van der Waals surface area (Å²) in [7, 11) is 1.27. The first-order valence-corrected chi connectivity index (χ1v) is 7.43. The molecule has 1 aromatic rings. The molecule has 1 aromatic carbocycles. The Morgan fingerprint density at radius 1 is 1.30 bits per heavy atom. The maximum atomic E-state index is 12.4. The molecule has 2 atom stereocenters. The average molecular weight is 333 g/mol. The predicted molar refractivity (Wildman–Crippen MR) is 79.8 cm³/mol. The lowest BCUT2D eigenvalue weighted by atomic mass is 9.91. The highest BCUT2D eigenvalue weighted by atomic mass is 19.4. The van der Waals surface area contributed by atoms with Crippen molar-refractivity contribution in [1.29, 1.82) is 0 Å². The Kier molecular flexibility index (Phi) is 7.35. The average Bonchev–Trinajstić information content (AvgIpc) is 2.50. The minimum atomic E-state index is -4.71. The van der Waals surface area contributed by atoms with Gasteiger partial charge in [-0.1, -0.05) is 31.5 Å². The molecule has 0 heterocycles. The van der Waals surface area contributed by atoms with Crippen molar-refractivity contribution in [2.24, 2.45) is 11.7 Å². The van der Waals surface area contributed by atoms with Gasteiger partial charge in [-0.15, -0.1) is 13.2 Å². The van der Waals surface area contributed by atoms with E-state index in [0.29, 0.717) is 24.8 Å². The maximum absolute atomic E-state index is 12.4. The summed E-state index contributed by atoms with van der Waals surface area (Å²) in [6.45, 7) is 1.95. The van der Waals surface area contributed by atoms with Gasteiger partial charge in [-0.05, 0) is 36.8 Å². The van der Waals surface area contributed by atoms with Gasteiger partial charge in [-0.2, -0.15) is 0 Å². The SMILES string of the molecule is CCC(CCc1ccccc1OC(F)(F)F)CC(N)C(=O)OC. The van der Waals surface area contributed by atoms with Crippen molar-refractivity contribution in [1.82, 2.24) is 0 Å². The van der Waals surface area contributed by atoms with E-state index in [4.69, 9.17) is 5.73 Å². The van der Waals surface area contributed by atoms with Gasteiger partial charge in [-0.3, -0.25) is 4.79 Å². The van der Waals surface area contributed by atoms with Crippen molar-refractivity contribution in [2.75, 3.05) is 7.11 Å². The van der Waals surface area contributed by atoms with Crippen molar-refractivity contribution >= 4 is 5.97 Å². The molecule has 2 N–H and O–H groups in total. The van der Waals surface area contributed by atoms with E-state index in [2.05, 4.69) is 9.47 Å². The van der Waals surface area contributed by atoms with Gasteiger partial charge in [0.15, 0.2) is 0 Å². The number of benzene rings is 1.